The van der Waals surface area contributed by atoms with Gasteiger partial charge in [0.1, 0.15) is 10.8 Å². The molecule has 21 heavy (non-hydrogen) atoms. The number of ether oxygens (including phenoxy) is 1. The van der Waals surface area contributed by atoms with Crippen LogP contribution in [0.25, 0.3) is 10.8 Å². The maximum absolute atomic E-state index is 12.0. The van der Waals surface area contributed by atoms with Gasteiger partial charge in [0.15, 0.2) is 0 Å². The molecule has 1 aromatic carbocycles. The van der Waals surface area contributed by atoms with Crippen molar-refractivity contribution >= 4 is 28.3 Å². The number of aromatic nitrogens is 1. The molecule has 0 unspecified atom stereocenters. The van der Waals surface area contributed by atoms with Crippen molar-refractivity contribution in [3.8, 4) is 0 Å². The molecule has 0 bridgehead atoms. The first-order valence-corrected chi connectivity index (χ1v) is 7.12. The Morgan fingerprint density at radius 2 is 2.19 bits per heavy atom. The van der Waals surface area contributed by atoms with E-state index in [4.69, 9.17) is 16.3 Å². The maximum atomic E-state index is 12.0. The van der Waals surface area contributed by atoms with Crippen LogP contribution in [0.2, 0.25) is 5.15 Å². The number of hydrogen-bond donors (Lipinski definition) is 1. The van der Waals surface area contributed by atoms with Gasteiger partial charge in [-0.05, 0) is 17.9 Å². The molecule has 1 amide bonds. The molecular formula is C16H17ClN2O2. The standard InChI is InChI=1S/C16H17ClN2O2/c1-2-3-9-21-10-8-18-16(20)14-11-12-6-4-5-7-13(12)15(17)19-14/h2,4-7,11H,1,3,8-10H2,(H,18,20). The molecule has 0 aliphatic carbocycles. The zero-order valence-electron chi connectivity index (χ0n) is 11.6. The van der Waals surface area contributed by atoms with Gasteiger partial charge in [-0.2, -0.15) is 0 Å². The molecule has 2 aromatic rings. The number of fused-ring (bicyclic) bond motifs is 1. The molecule has 0 radical (unpaired) electrons. The van der Waals surface area contributed by atoms with Crippen molar-refractivity contribution in [3.05, 3.63) is 53.8 Å². The van der Waals surface area contributed by atoms with Gasteiger partial charge in [0.2, 0.25) is 0 Å². The van der Waals surface area contributed by atoms with Crippen molar-refractivity contribution in [3.63, 3.8) is 0 Å². The van der Waals surface area contributed by atoms with E-state index in [1.54, 1.807) is 12.1 Å². The molecule has 0 aliphatic rings. The van der Waals surface area contributed by atoms with Gasteiger partial charge in [-0.1, -0.05) is 41.9 Å². The summed E-state index contributed by atoms with van der Waals surface area (Å²) in [5.41, 5.74) is 0.310. The van der Waals surface area contributed by atoms with E-state index >= 15 is 0 Å². The van der Waals surface area contributed by atoms with Crippen LogP contribution < -0.4 is 5.32 Å². The highest BCUT2D eigenvalue weighted by atomic mass is 35.5. The van der Waals surface area contributed by atoms with Crippen LogP contribution in [0.15, 0.2) is 43.0 Å². The van der Waals surface area contributed by atoms with Crippen LogP contribution in [0.1, 0.15) is 16.9 Å². The molecule has 0 saturated heterocycles. The summed E-state index contributed by atoms with van der Waals surface area (Å²) in [4.78, 5) is 16.2. The van der Waals surface area contributed by atoms with Crippen LogP contribution in [0, 0.1) is 0 Å². The van der Waals surface area contributed by atoms with Crippen molar-refractivity contribution < 1.29 is 9.53 Å². The number of rotatable bonds is 7. The van der Waals surface area contributed by atoms with Crippen LogP contribution in [0.4, 0.5) is 0 Å². The Bertz CT molecular complexity index is 643. The Kier molecular flexibility index (Phi) is 5.72. The molecule has 4 nitrogen and oxygen atoms in total. The van der Waals surface area contributed by atoms with Crippen LogP contribution in [-0.4, -0.2) is 30.6 Å². The van der Waals surface area contributed by atoms with E-state index < -0.39 is 0 Å². The monoisotopic (exact) mass is 304 g/mol. The second-order valence-corrected chi connectivity index (χ2v) is 4.82. The minimum atomic E-state index is -0.255. The third-order valence-corrected chi connectivity index (χ3v) is 3.21. The van der Waals surface area contributed by atoms with Crippen molar-refractivity contribution in [1.82, 2.24) is 10.3 Å². The lowest BCUT2D eigenvalue weighted by molar-refractivity contribution is 0.0913. The Morgan fingerprint density at radius 1 is 1.38 bits per heavy atom. The summed E-state index contributed by atoms with van der Waals surface area (Å²) in [7, 11) is 0. The van der Waals surface area contributed by atoms with Crippen molar-refractivity contribution in [2.24, 2.45) is 0 Å². The topological polar surface area (TPSA) is 51.2 Å². The molecule has 1 N–H and O–H groups in total. The third kappa shape index (κ3) is 4.28. The Labute approximate surface area is 128 Å². The first-order chi connectivity index (χ1) is 10.2. The molecule has 110 valence electrons. The minimum absolute atomic E-state index is 0.255. The predicted molar refractivity (Wildman–Crippen MR) is 84.7 cm³/mol. The molecule has 0 aliphatic heterocycles. The maximum Gasteiger partial charge on any atom is 0.270 e. The van der Waals surface area contributed by atoms with Crippen molar-refractivity contribution in [2.75, 3.05) is 19.8 Å². The van der Waals surface area contributed by atoms with E-state index in [0.717, 1.165) is 17.2 Å². The second kappa shape index (κ2) is 7.76. The summed E-state index contributed by atoms with van der Waals surface area (Å²) >= 11 is 6.10. The molecule has 0 saturated carbocycles. The number of nitrogens with one attached hydrogen (secondary N) is 1. The summed E-state index contributed by atoms with van der Waals surface area (Å²) in [6.45, 7) is 5.11. The lowest BCUT2D eigenvalue weighted by atomic mass is 10.1. The SMILES string of the molecule is C=CCCOCCNC(=O)c1cc2ccccc2c(Cl)n1. The number of nitrogens with zero attached hydrogens (tertiary/aromatic N) is 1. The number of carbonyl (C=O) groups excluding carboxylic acids is 1. The minimum Gasteiger partial charge on any atom is -0.379 e. The lowest BCUT2D eigenvalue weighted by Gasteiger charge is -2.07. The van der Waals surface area contributed by atoms with Gasteiger partial charge in [0.05, 0.1) is 13.2 Å². The quantitative estimate of drug-likeness (QED) is 0.485. The largest absolute Gasteiger partial charge is 0.379 e. The highest BCUT2D eigenvalue weighted by Gasteiger charge is 2.10. The Balaban J connectivity index is 1.95. The number of pyridine rings is 1. The van der Waals surface area contributed by atoms with Gasteiger partial charge in [-0.15, -0.1) is 6.58 Å². The predicted octanol–water partition coefficient (Wildman–Crippen LogP) is 3.21. The van der Waals surface area contributed by atoms with E-state index in [2.05, 4.69) is 16.9 Å². The fourth-order valence-electron chi connectivity index (χ4n) is 1.87. The van der Waals surface area contributed by atoms with Gasteiger partial charge in [0.25, 0.3) is 5.91 Å². The highest BCUT2D eigenvalue weighted by Crippen LogP contribution is 2.22. The average molecular weight is 305 g/mol. The highest BCUT2D eigenvalue weighted by molar-refractivity contribution is 6.34. The van der Waals surface area contributed by atoms with Gasteiger partial charge >= 0.3 is 0 Å². The fourth-order valence-corrected chi connectivity index (χ4v) is 2.13. The smallest absolute Gasteiger partial charge is 0.270 e. The van der Waals surface area contributed by atoms with E-state index in [0.29, 0.717) is 30.6 Å². The fraction of sp³-hybridized carbons (Fsp3) is 0.250. The molecule has 2 rings (SSSR count). The molecule has 5 heteroatoms. The number of carbonyl (C=O) groups is 1. The zero-order valence-corrected chi connectivity index (χ0v) is 12.4. The number of amides is 1. The van der Waals surface area contributed by atoms with E-state index in [-0.39, 0.29) is 5.91 Å². The van der Waals surface area contributed by atoms with Crippen molar-refractivity contribution in [2.45, 2.75) is 6.42 Å². The van der Waals surface area contributed by atoms with Crippen LogP contribution >= 0.6 is 11.6 Å². The molecule has 1 heterocycles. The molecule has 1 aromatic heterocycles. The second-order valence-electron chi connectivity index (χ2n) is 4.47. The Hall–Kier alpha value is -1.91. The van der Waals surface area contributed by atoms with Crippen LogP contribution in [0.5, 0.6) is 0 Å². The van der Waals surface area contributed by atoms with Gasteiger partial charge in [0, 0.05) is 11.9 Å². The first-order valence-electron chi connectivity index (χ1n) is 6.74. The van der Waals surface area contributed by atoms with Gasteiger partial charge in [-0.25, -0.2) is 4.98 Å². The molecule has 0 atom stereocenters. The number of halogens is 1. The number of benzene rings is 1. The summed E-state index contributed by atoms with van der Waals surface area (Å²) in [6.07, 6.45) is 2.59. The number of hydrogen-bond acceptors (Lipinski definition) is 3. The lowest BCUT2D eigenvalue weighted by Crippen LogP contribution is -2.28. The van der Waals surface area contributed by atoms with E-state index in [9.17, 15) is 4.79 Å². The average Bonchev–Trinajstić information content (AvgIpc) is 2.50. The summed E-state index contributed by atoms with van der Waals surface area (Å²) in [5, 5.41) is 4.82. The molecule has 0 spiro atoms. The zero-order chi connectivity index (χ0) is 15.1. The molecule has 0 fully saturated rings. The van der Waals surface area contributed by atoms with Crippen LogP contribution in [-0.2, 0) is 4.74 Å². The summed E-state index contributed by atoms with van der Waals surface area (Å²) in [5.74, 6) is -0.255. The van der Waals surface area contributed by atoms with Crippen LogP contribution in [0.3, 0.4) is 0 Å². The normalized spacial score (nSPS) is 10.5. The molecular weight excluding hydrogens is 288 g/mol. The third-order valence-electron chi connectivity index (χ3n) is 2.92. The van der Waals surface area contributed by atoms with Crippen molar-refractivity contribution in [1.29, 1.82) is 0 Å². The van der Waals surface area contributed by atoms with Gasteiger partial charge < -0.3 is 10.1 Å². The van der Waals surface area contributed by atoms with E-state index in [1.807, 2.05) is 24.3 Å². The summed E-state index contributed by atoms with van der Waals surface area (Å²) < 4.78 is 5.32. The van der Waals surface area contributed by atoms with E-state index in [1.165, 1.54) is 0 Å². The van der Waals surface area contributed by atoms with Gasteiger partial charge in [-0.3, -0.25) is 4.79 Å². The summed E-state index contributed by atoms with van der Waals surface area (Å²) in [6, 6.07) is 9.29. The first kappa shape index (κ1) is 15.5. The Morgan fingerprint density at radius 3 is 3.00 bits per heavy atom.